The summed E-state index contributed by atoms with van der Waals surface area (Å²) in [5.41, 5.74) is 11.9. The van der Waals surface area contributed by atoms with E-state index in [2.05, 4.69) is 152 Å². The van der Waals surface area contributed by atoms with Crippen molar-refractivity contribution in [3.8, 4) is 0 Å². The van der Waals surface area contributed by atoms with Crippen LogP contribution in [0, 0.1) is 13.8 Å². The largest absolute Gasteiger partial charge is 0.0877 e. The highest BCUT2D eigenvalue weighted by Crippen LogP contribution is 2.52. The first kappa shape index (κ1) is 27.2. The highest BCUT2D eigenvalue weighted by atomic mass is 14.4. The van der Waals surface area contributed by atoms with Gasteiger partial charge in [-0.3, -0.25) is 0 Å². The van der Waals surface area contributed by atoms with E-state index in [4.69, 9.17) is 0 Å². The summed E-state index contributed by atoms with van der Waals surface area (Å²) >= 11 is 0. The van der Waals surface area contributed by atoms with Crippen LogP contribution in [0.1, 0.15) is 75.3 Å². The molecule has 0 aromatic heterocycles. The summed E-state index contributed by atoms with van der Waals surface area (Å²) < 4.78 is 0. The maximum atomic E-state index is 2.56. The van der Waals surface area contributed by atoms with E-state index in [1.54, 1.807) is 0 Å². The van der Waals surface area contributed by atoms with Gasteiger partial charge in [0.15, 0.2) is 0 Å². The molecule has 0 saturated carbocycles. The van der Waals surface area contributed by atoms with Gasteiger partial charge in [-0.2, -0.15) is 0 Å². The zero-order valence-corrected chi connectivity index (χ0v) is 23.2. The van der Waals surface area contributed by atoms with Crippen LogP contribution >= 0.6 is 0 Å². The van der Waals surface area contributed by atoms with Gasteiger partial charge < -0.3 is 0 Å². The van der Waals surface area contributed by atoms with Crippen LogP contribution in [-0.4, -0.2) is 0 Å². The van der Waals surface area contributed by atoms with Crippen molar-refractivity contribution in [2.24, 2.45) is 0 Å². The van der Waals surface area contributed by atoms with Crippen LogP contribution in [0.3, 0.4) is 0 Å². The molecule has 0 radical (unpaired) electrons. The van der Waals surface area contributed by atoms with Crippen LogP contribution in [0.5, 0.6) is 0 Å². The molecular weight excluding hydrogens is 432 g/mol. The van der Waals surface area contributed by atoms with Crippen LogP contribution in [0.25, 0.3) is 11.1 Å². The first-order valence-electron chi connectivity index (χ1n) is 13.3. The third-order valence-electron chi connectivity index (χ3n) is 7.24. The quantitative estimate of drug-likeness (QED) is 0.317. The zero-order valence-electron chi connectivity index (χ0n) is 23.2. The summed E-state index contributed by atoms with van der Waals surface area (Å²) in [5.74, 6) is 0. The Morgan fingerprint density at radius 2 is 1.64 bits per heavy atom. The van der Waals surface area contributed by atoms with E-state index in [-0.39, 0.29) is 5.41 Å². The maximum Gasteiger partial charge on any atom is 0.0394 e. The molecule has 1 unspecified atom stereocenters. The van der Waals surface area contributed by atoms with Gasteiger partial charge in [-0.1, -0.05) is 121 Å². The van der Waals surface area contributed by atoms with Gasteiger partial charge >= 0.3 is 0 Å². The van der Waals surface area contributed by atoms with Crippen LogP contribution < -0.4 is 0 Å². The van der Waals surface area contributed by atoms with E-state index >= 15 is 0 Å². The average molecular weight is 475 g/mol. The predicted octanol–water partition coefficient (Wildman–Crippen LogP) is 10.4. The lowest BCUT2D eigenvalue weighted by atomic mass is 9.71. The molecule has 1 aliphatic carbocycles. The van der Waals surface area contributed by atoms with E-state index in [0.29, 0.717) is 0 Å². The van der Waals surface area contributed by atoms with Gasteiger partial charge in [0.1, 0.15) is 0 Å². The summed E-state index contributed by atoms with van der Waals surface area (Å²) in [6.45, 7) is 15.3. The molecule has 0 fully saturated rings. The van der Waals surface area contributed by atoms with Crippen molar-refractivity contribution in [3.05, 3.63) is 142 Å². The number of benzene rings is 2. The number of fused-ring (bicyclic) bond motifs is 1. The molecule has 0 amide bonds. The molecule has 0 bridgehead atoms. The Kier molecular flexibility index (Phi) is 9.48. The van der Waals surface area contributed by atoms with Crippen LogP contribution in [0.4, 0.5) is 0 Å². The van der Waals surface area contributed by atoms with Crippen molar-refractivity contribution >= 4 is 11.1 Å². The van der Waals surface area contributed by atoms with Crippen molar-refractivity contribution in [1.82, 2.24) is 0 Å². The summed E-state index contributed by atoms with van der Waals surface area (Å²) in [6.07, 6.45) is 24.3. The average Bonchev–Trinajstić information content (AvgIpc) is 3.20. The Morgan fingerprint density at radius 1 is 0.889 bits per heavy atom. The third kappa shape index (κ3) is 5.54. The second-order valence-corrected chi connectivity index (χ2v) is 9.66. The van der Waals surface area contributed by atoms with E-state index in [1.165, 1.54) is 50.1 Å². The SMILES string of the molecule is C/C=C\C=C/CC1(/C(=C/C=C\C)CC)C=C(/C(C)=C(\C=C/C)c2ccccc2C)c2ccc(C)cc21. The summed E-state index contributed by atoms with van der Waals surface area (Å²) in [4.78, 5) is 0. The van der Waals surface area contributed by atoms with Crippen molar-refractivity contribution in [2.45, 2.75) is 66.7 Å². The molecule has 0 aliphatic heterocycles. The number of aryl methyl sites for hydroxylation is 2. The number of hydrogen-bond acceptors (Lipinski definition) is 0. The lowest BCUT2D eigenvalue weighted by Crippen LogP contribution is -2.24. The van der Waals surface area contributed by atoms with Gasteiger partial charge in [0.2, 0.25) is 0 Å². The number of allylic oxidation sites excluding steroid dienone is 14. The van der Waals surface area contributed by atoms with Crippen LogP contribution in [-0.2, 0) is 5.41 Å². The van der Waals surface area contributed by atoms with Gasteiger partial charge in [-0.25, -0.2) is 0 Å². The van der Waals surface area contributed by atoms with E-state index in [1.807, 2.05) is 0 Å². The monoisotopic (exact) mass is 474 g/mol. The highest BCUT2D eigenvalue weighted by molar-refractivity contribution is 5.96. The molecule has 2 aromatic rings. The zero-order chi connectivity index (χ0) is 26.1. The Balaban J connectivity index is 2.38. The van der Waals surface area contributed by atoms with Gasteiger partial charge in [0, 0.05) is 5.41 Å². The van der Waals surface area contributed by atoms with Gasteiger partial charge in [-0.05, 0) is 93.4 Å². The number of hydrogen-bond donors (Lipinski definition) is 0. The standard InChI is InChI=1S/C36H42/c1-8-12-14-17-24-36(30(11-4)20-13-9-2)26-34(33-23-22-27(5)25-35(33)36)29(7)32(18-10-3)31-21-16-15-19-28(31)6/h8-10,12-23,25-26H,11,24H2,1-7H3/b12-8-,13-9-,17-14-,18-10-,30-20+,32-29+. The summed E-state index contributed by atoms with van der Waals surface area (Å²) in [7, 11) is 0. The lowest BCUT2D eigenvalue weighted by molar-refractivity contribution is 0.624. The maximum absolute atomic E-state index is 2.56. The Bertz CT molecular complexity index is 1280. The molecule has 36 heavy (non-hydrogen) atoms. The molecular formula is C36H42. The molecule has 0 saturated heterocycles. The van der Waals surface area contributed by atoms with E-state index in [0.717, 1.165) is 12.8 Å². The van der Waals surface area contributed by atoms with Crippen LogP contribution in [0.2, 0.25) is 0 Å². The minimum absolute atomic E-state index is 0.170. The molecule has 3 rings (SSSR count). The number of rotatable bonds is 9. The fourth-order valence-electron chi connectivity index (χ4n) is 5.38. The molecule has 1 atom stereocenters. The van der Waals surface area contributed by atoms with Crippen LogP contribution in [0.15, 0.2) is 114 Å². The molecule has 0 heterocycles. The van der Waals surface area contributed by atoms with Crippen molar-refractivity contribution in [3.63, 3.8) is 0 Å². The second kappa shape index (κ2) is 12.5. The first-order valence-corrected chi connectivity index (χ1v) is 13.3. The molecule has 0 nitrogen and oxygen atoms in total. The molecule has 0 N–H and O–H groups in total. The minimum Gasteiger partial charge on any atom is -0.0877 e. The molecule has 0 heteroatoms. The summed E-state index contributed by atoms with van der Waals surface area (Å²) in [6, 6.07) is 15.7. The van der Waals surface area contributed by atoms with Gasteiger partial charge in [0.05, 0.1) is 0 Å². The van der Waals surface area contributed by atoms with E-state index < -0.39 is 0 Å². The van der Waals surface area contributed by atoms with Crippen molar-refractivity contribution < 1.29 is 0 Å². The van der Waals surface area contributed by atoms with E-state index in [9.17, 15) is 0 Å². The fourth-order valence-corrected chi connectivity index (χ4v) is 5.38. The molecule has 0 spiro atoms. The fraction of sp³-hybridized carbons (Fsp3) is 0.278. The minimum atomic E-state index is -0.170. The summed E-state index contributed by atoms with van der Waals surface area (Å²) in [5, 5.41) is 0. The Hall–Kier alpha value is -3.38. The molecule has 2 aromatic carbocycles. The smallest absolute Gasteiger partial charge is 0.0394 e. The van der Waals surface area contributed by atoms with Gasteiger partial charge in [0.25, 0.3) is 0 Å². The predicted molar refractivity (Wildman–Crippen MR) is 161 cm³/mol. The highest BCUT2D eigenvalue weighted by Gasteiger charge is 2.40. The lowest BCUT2D eigenvalue weighted by Gasteiger charge is -2.31. The second-order valence-electron chi connectivity index (χ2n) is 9.66. The normalized spacial score (nSPS) is 19.1. The van der Waals surface area contributed by atoms with Crippen molar-refractivity contribution in [2.75, 3.05) is 0 Å². The Morgan fingerprint density at radius 3 is 2.31 bits per heavy atom. The third-order valence-corrected chi connectivity index (χ3v) is 7.24. The van der Waals surface area contributed by atoms with Crippen molar-refractivity contribution in [1.29, 1.82) is 0 Å². The van der Waals surface area contributed by atoms with Gasteiger partial charge in [-0.15, -0.1) is 0 Å². The topological polar surface area (TPSA) is 0 Å². The first-order chi connectivity index (χ1) is 17.4. The Labute approximate surface area is 219 Å². The molecule has 186 valence electrons. The molecule has 1 aliphatic rings.